The normalized spacial score (nSPS) is 11.0. The van der Waals surface area contributed by atoms with Gasteiger partial charge in [-0.15, -0.1) is 23.1 Å². The number of aryl methyl sites for hydroxylation is 1. The van der Waals surface area contributed by atoms with Gasteiger partial charge < -0.3 is 5.32 Å². The molecule has 2 heterocycles. The van der Waals surface area contributed by atoms with Gasteiger partial charge in [-0.2, -0.15) is 0 Å². The summed E-state index contributed by atoms with van der Waals surface area (Å²) in [6.45, 7) is 2.07. The number of hydrogen-bond acceptors (Lipinski definition) is 4. The second-order valence-corrected chi connectivity index (χ2v) is 8.09. The Bertz CT molecular complexity index is 1070. The number of amides is 1. The van der Waals surface area contributed by atoms with Gasteiger partial charge in [0.1, 0.15) is 0 Å². The molecule has 6 heteroatoms. The molecule has 136 valence electrons. The Hall–Kier alpha value is -2.57. The molecule has 4 nitrogen and oxygen atoms in total. The van der Waals surface area contributed by atoms with Gasteiger partial charge in [0.2, 0.25) is 5.91 Å². The van der Waals surface area contributed by atoms with Crippen LogP contribution in [-0.4, -0.2) is 21.0 Å². The quantitative estimate of drug-likeness (QED) is 0.487. The highest BCUT2D eigenvalue weighted by Gasteiger charge is 2.09. The van der Waals surface area contributed by atoms with Gasteiger partial charge in [-0.25, -0.2) is 4.98 Å². The van der Waals surface area contributed by atoms with Gasteiger partial charge in [0.15, 0.2) is 4.96 Å². The van der Waals surface area contributed by atoms with E-state index in [9.17, 15) is 4.79 Å². The summed E-state index contributed by atoms with van der Waals surface area (Å²) < 4.78 is 2.09. The fraction of sp³-hybridized carbons (Fsp3) is 0.143. The van der Waals surface area contributed by atoms with Crippen LogP contribution in [-0.2, 0) is 10.5 Å². The lowest BCUT2D eigenvalue weighted by molar-refractivity contribution is -0.113. The van der Waals surface area contributed by atoms with E-state index < -0.39 is 0 Å². The standard InChI is InChI=1S/C21H19N3OS2/c1-15-12-27-21-23-19(11-24(15)21)17-8-5-9-18(10-17)22-20(25)14-26-13-16-6-3-2-4-7-16/h2-12H,13-14H2,1H3,(H,22,25). The minimum Gasteiger partial charge on any atom is -0.325 e. The number of benzene rings is 2. The minimum absolute atomic E-state index is 0.00903. The van der Waals surface area contributed by atoms with Crippen molar-refractivity contribution in [3.8, 4) is 11.3 Å². The number of imidazole rings is 1. The van der Waals surface area contributed by atoms with Gasteiger partial charge in [-0.1, -0.05) is 42.5 Å². The third-order valence-electron chi connectivity index (χ3n) is 4.18. The Labute approximate surface area is 166 Å². The van der Waals surface area contributed by atoms with Crippen LogP contribution < -0.4 is 5.32 Å². The maximum absolute atomic E-state index is 12.2. The van der Waals surface area contributed by atoms with E-state index in [0.717, 1.165) is 27.7 Å². The molecule has 0 fully saturated rings. The summed E-state index contributed by atoms with van der Waals surface area (Å²) in [4.78, 5) is 17.9. The van der Waals surface area contributed by atoms with Crippen LogP contribution in [0.2, 0.25) is 0 Å². The average Bonchev–Trinajstić information content (AvgIpc) is 3.25. The smallest absolute Gasteiger partial charge is 0.234 e. The van der Waals surface area contributed by atoms with Gasteiger partial charge in [-0.05, 0) is 24.6 Å². The van der Waals surface area contributed by atoms with Crippen molar-refractivity contribution in [2.45, 2.75) is 12.7 Å². The molecule has 0 aliphatic carbocycles. The molecule has 0 unspecified atom stereocenters. The Morgan fingerprint density at radius 2 is 2.04 bits per heavy atom. The third kappa shape index (κ3) is 4.23. The highest BCUT2D eigenvalue weighted by molar-refractivity contribution is 7.99. The summed E-state index contributed by atoms with van der Waals surface area (Å²) in [5, 5.41) is 5.08. The molecule has 0 aliphatic heterocycles. The molecule has 2 aromatic heterocycles. The molecule has 0 aliphatic rings. The van der Waals surface area contributed by atoms with Crippen LogP contribution in [0.3, 0.4) is 0 Å². The summed E-state index contributed by atoms with van der Waals surface area (Å²) in [6.07, 6.45) is 2.04. The van der Waals surface area contributed by atoms with Crippen LogP contribution >= 0.6 is 23.1 Å². The zero-order valence-electron chi connectivity index (χ0n) is 14.9. The number of carbonyl (C=O) groups is 1. The predicted molar refractivity (Wildman–Crippen MR) is 114 cm³/mol. The molecule has 2 aromatic carbocycles. The molecule has 1 N–H and O–H groups in total. The molecule has 0 saturated carbocycles. The van der Waals surface area contributed by atoms with Crippen molar-refractivity contribution in [3.05, 3.63) is 77.4 Å². The first-order valence-electron chi connectivity index (χ1n) is 8.64. The minimum atomic E-state index is 0.00903. The van der Waals surface area contributed by atoms with Crippen LogP contribution in [0.1, 0.15) is 11.3 Å². The fourth-order valence-corrected chi connectivity index (χ4v) is 4.46. The number of thioether (sulfide) groups is 1. The van der Waals surface area contributed by atoms with Crippen LogP contribution in [0.25, 0.3) is 16.2 Å². The van der Waals surface area contributed by atoms with Crippen LogP contribution in [0.4, 0.5) is 5.69 Å². The largest absolute Gasteiger partial charge is 0.325 e. The van der Waals surface area contributed by atoms with E-state index in [0.29, 0.717) is 5.75 Å². The second kappa shape index (κ2) is 7.98. The van der Waals surface area contributed by atoms with Crippen LogP contribution in [0.5, 0.6) is 0 Å². The topological polar surface area (TPSA) is 46.4 Å². The Kier molecular flexibility index (Phi) is 5.27. The van der Waals surface area contributed by atoms with Crippen molar-refractivity contribution < 1.29 is 4.79 Å². The van der Waals surface area contributed by atoms with Gasteiger partial charge >= 0.3 is 0 Å². The number of hydrogen-bond donors (Lipinski definition) is 1. The molecule has 0 spiro atoms. The van der Waals surface area contributed by atoms with Crippen LogP contribution in [0.15, 0.2) is 66.2 Å². The summed E-state index contributed by atoms with van der Waals surface area (Å²) in [7, 11) is 0. The summed E-state index contributed by atoms with van der Waals surface area (Å²) in [5.41, 5.74) is 5.12. The average molecular weight is 394 g/mol. The summed E-state index contributed by atoms with van der Waals surface area (Å²) >= 11 is 3.24. The number of aromatic nitrogens is 2. The number of thiazole rings is 1. The Morgan fingerprint density at radius 3 is 2.85 bits per heavy atom. The number of nitrogens with zero attached hydrogens (tertiary/aromatic N) is 2. The molecule has 0 bridgehead atoms. The van der Waals surface area contributed by atoms with Gasteiger partial charge in [0, 0.05) is 34.3 Å². The van der Waals surface area contributed by atoms with Crippen molar-refractivity contribution in [1.29, 1.82) is 0 Å². The highest BCUT2D eigenvalue weighted by Crippen LogP contribution is 2.25. The number of carbonyl (C=O) groups excluding carboxylic acids is 1. The van der Waals surface area contributed by atoms with Crippen molar-refractivity contribution in [3.63, 3.8) is 0 Å². The lowest BCUT2D eigenvalue weighted by Gasteiger charge is -2.07. The SMILES string of the molecule is Cc1csc2nc(-c3cccc(NC(=O)CSCc4ccccc4)c3)cn12. The van der Waals surface area contributed by atoms with E-state index in [2.05, 4.69) is 39.1 Å². The first-order valence-corrected chi connectivity index (χ1v) is 10.7. The zero-order valence-corrected chi connectivity index (χ0v) is 16.5. The van der Waals surface area contributed by atoms with Crippen molar-refractivity contribution in [2.24, 2.45) is 0 Å². The summed E-state index contributed by atoms with van der Waals surface area (Å²) in [6, 6.07) is 18.0. The highest BCUT2D eigenvalue weighted by atomic mass is 32.2. The zero-order chi connectivity index (χ0) is 18.6. The van der Waals surface area contributed by atoms with E-state index >= 15 is 0 Å². The van der Waals surface area contributed by atoms with E-state index in [1.165, 1.54) is 11.3 Å². The Morgan fingerprint density at radius 1 is 1.19 bits per heavy atom. The van der Waals surface area contributed by atoms with Crippen molar-refractivity contribution in [1.82, 2.24) is 9.38 Å². The molecule has 4 aromatic rings. The van der Waals surface area contributed by atoms with E-state index in [-0.39, 0.29) is 5.91 Å². The van der Waals surface area contributed by atoms with Gasteiger partial charge in [0.05, 0.1) is 11.4 Å². The lowest BCUT2D eigenvalue weighted by Crippen LogP contribution is -2.14. The number of fused-ring (bicyclic) bond motifs is 1. The fourth-order valence-electron chi connectivity index (χ4n) is 2.82. The second-order valence-electron chi connectivity index (χ2n) is 6.26. The predicted octanol–water partition coefficient (Wildman–Crippen LogP) is 5.24. The monoisotopic (exact) mass is 393 g/mol. The van der Waals surface area contributed by atoms with Crippen molar-refractivity contribution >= 4 is 39.7 Å². The molecule has 1 amide bonds. The molecule has 0 atom stereocenters. The van der Waals surface area contributed by atoms with Gasteiger partial charge in [0.25, 0.3) is 0 Å². The first kappa shape index (κ1) is 17.8. The first-order chi connectivity index (χ1) is 13.2. The number of rotatable bonds is 6. The number of anilines is 1. The molecular weight excluding hydrogens is 374 g/mol. The third-order valence-corrected chi connectivity index (χ3v) is 6.14. The maximum atomic E-state index is 12.2. The van der Waals surface area contributed by atoms with E-state index in [1.807, 2.05) is 48.7 Å². The Balaban J connectivity index is 1.39. The maximum Gasteiger partial charge on any atom is 0.234 e. The lowest BCUT2D eigenvalue weighted by atomic mass is 10.1. The number of nitrogens with one attached hydrogen (secondary N) is 1. The molecule has 0 radical (unpaired) electrons. The summed E-state index contributed by atoms with van der Waals surface area (Å²) in [5.74, 6) is 1.27. The van der Waals surface area contributed by atoms with Gasteiger partial charge in [-0.3, -0.25) is 9.20 Å². The van der Waals surface area contributed by atoms with E-state index in [1.54, 1.807) is 23.1 Å². The molecule has 4 rings (SSSR count). The molecular formula is C21H19N3OS2. The molecule has 0 saturated heterocycles. The van der Waals surface area contributed by atoms with Crippen LogP contribution in [0, 0.1) is 6.92 Å². The van der Waals surface area contributed by atoms with Crippen molar-refractivity contribution in [2.75, 3.05) is 11.1 Å². The molecule has 27 heavy (non-hydrogen) atoms. The van der Waals surface area contributed by atoms with E-state index in [4.69, 9.17) is 0 Å².